The molecule has 5 heteroatoms. The van der Waals surface area contributed by atoms with Crippen LogP contribution in [-0.2, 0) is 9.53 Å². The smallest absolute Gasteiger partial charge is 0.315 e. The summed E-state index contributed by atoms with van der Waals surface area (Å²) in [6.07, 6.45) is 3.48. The van der Waals surface area contributed by atoms with Crippen molar-refractivity contribution in [2.24, 2.45) is 0 Å². The van der Waals surface area contributed by atoms with Crippen molar-refractivity contribution < 1.29 is 53.6 Å². The van der Waals surface area contributed by atoms with E-state index in [9.17, 15) is 4.79 Å². The molecule has 0 unspecified atom stereocenters. The summed E-state index contributed by atoms with van der Waals surface area (Å²) in [5.41, 5.74) is 8.23. The molecule has 1 aromatic carbocycles. The maximum atomic E-state index is 11.1. The first kappa shape index (κ1) is 19.6. The van der Waals surface area contributed by atoms with Crippen LogP contribution in [0.25, 0.3) is 11.8 Å². The van der Waals surface area contributed by atoms with Gasteiger partial charge in [0.2, 0.25) is 0 Å². The molecule has 105 valence electrons. The Balaban J connectivity index is 0.00000361. The number of hydrogen-bond donors (Lipinski definition) is 0. The van der Waals surface area contributed by atoms with Crippen LogP contribution in [0.4, 0.5) is 0 Å². The minimum atomic E-state index is -1.45. The molecule has 3 nitrogen and oxygen atoms in total. The zero-order valence-electron chi connectivity index (χ0n) is 12.3. The molecule has 1 radical (unpaired) electrons. The van der Waals surface area contributed by atoms with E-state index in [4.69, 9.17) is 5.73 Å². The van der Waals surface area contributed by atoms with Crippen LogP contribution < -0.4 is 5.19 Å². The molecular formula is C15H20AcNO2Si-. The summed E-state index contributed by atoms with van der Waals surface area (Å²) in [5, 5.41) is 1.34. The molecule has 0 heterocycles. The van der Waals surface area contributed by atoms with Crippen LogP contribution in [0, 0.1) is 44.1 Å². The molecule has 1 rings (SSSR count). The van der Waals surface area contributed by atoms with Crippen LogP contribution in [0.5, 0.6) is 0 Å². The Morgan fingerprint density at radius 2 is 1.90 bits per heavy atom. The molecule has 0 bridgehead atoms. The number of carbonyl (C=O) groups excluding carboxylic acids is 1. The third kappa shape index (κ3) is 5.55. The molecule has 0 saturated carbocycles. The molecule has 0 atom stereocenters. The maximum absolute atomic E-state index is 11.1. The van der Waals surface area contributed by atoms with Gasteiger partial charge in [-0.05, 0) is 11.6 Å². The van der Waals surface area contributed by atoms with Crippen molar-refractivity contribution in [2.45, 2.75) is 19.1 Å². The van der Waals surface area contributed by atoms with Gasteiger partial charge in [0.25, 0.3) is 0 Å². The van der Waals surface area contributed by atoms with Gasteiger partial charge in [0.15, 0.2) is 0 Å². The van der Waals surface area contributed by atoms with Crippen molar-refractivity contribution in [1.29, 1.82) is 0 Å². The quantitative estimate of drug-likeness (QED) is 0.269. The van der Waals surface area contributed by atoms with E-state index in [0.717, 1.165) is 11.6 Å². The maximum Gasteiger partial charge on any atom is 0.315 e. The van der Waals surface area contributed by atoms with Crippen LogP contribution in [-0.4, -0.2) is 21.2 Å². The molecule has 0 amide bonds. The van der Waals surface area contributed by atoms with Crippen molar-refractivity contribution in [1.82, 2.24) is 0 Å². The van der Waals surface area contributed by atoms with Gasteiger partial charge in [-0.15, -0.1) is 6.58 Å². The largest absolute Gasteiger partial charge is 0.693 e. The predicted octanol–water partition coefficient (Wildman–Crippen LogP) is 3.35. The molecule has 0 fully saturated rings. The fraction of sp³-hybridized carbons (Fsp3) is 0.267. The topological polar surface area (TPSA) is 50.1 Å². The van der Waals surface area contributed by atoms with Gasteiger partial charge in [-0.25, -0.2) is 4.79 Å². The number of benzene rings is 1. The number of hydrogen-bond acceptors (Lipinski definition) is 2. The normalized spacial score (nSPS) is 11.4. The SMILES string of the molecule is C=CC[Si](C)(C)c1ccc(/C=C(\[NH-])C(=O)OC)cc1.[Ac]. The fourth-order valence-electron chi connectivity index (χ4n) is 1.84. The molecule has 0 spiro atoms. The van der Waals surface area contributed by atoms with Gasteiger partial charge in [-0.2, -0.15) is 0 Å². The summed E-state index contributed by atoms with van der Waals surface area (Å²) < 4.78 is 4.50. The molecular weight excluding hydrogens is 481 g/mol. The second kappa shape index (κ2) is 8.81. The zero-order chi connectivity index (χ0) is 14.5. The van der Waals surface area contributed by atoms with Gasteiger partial charge in [0.1, 0.15) is 0 Å². The molecule has 1 aromatic rings. The van der Waals surface area contributed by atoms with Gasteiger partial charge in [0.05, 0.1) is 15.2 Å². The zero-order valence-corrected chi connectivity index (χ0v) is 18.0. The Hall–Kier alpha value is -0.372. The summed E-state index contributed by atoms with van der Waals surface area (Å²) in [7, 11) is -0.173. The van der Waals surface area contributed by atoms with Crippen molar-refractivity contribution in [3.63, 3.8) is 0 Å². The Labute approximate surface area is 157 Å². The summed E-state index contributed by atoms with van der Waals surface area (Å²) >= 11 is 0. The van der Waals surface area contributed by atoms with Gasteiger partial charge < -0.3 is 10.5 Å². The van der Waals surface area contributed by atoms with E-state index in [1.54, 1.807) is 0 Å². The average Bonchev–Trinajstić information content (AvgIpc) is 2.38. The number of carbonyl (C=O) groups is 1. The van der Waals surface area contributed by atoms with Crippen LogP contribution in [0.15, 0.2) is 42.6 Å². The Morgan fingerprint density at radius 3 is 2.35 bits per heavy atom. The number of nitrogens with one attached hydrogen (secondary N) is 1. The second-order valence-electron chi connectivity index (χ2n) is 5.05. The fourth-order valence-corrected chi connectivity index (χ4v) is 3.87. The van der Waals surface area contributed by atoms with E-state index in [-0.39, 0.29) is 49.8 Å². The molecule has 0 aliphatic rings. The van der Waals surface area contributed by atoms with Crippen molar-refractivity contribution in [3.05, 3.63) is 53.9 Å². The minimum absolute atomic E-state index is 0. The minimum Gasteiger partial charge on any atom is -0.693 e. The van der Waals surface area contributed by atoms with Crippen LogP contribution >= 0.6 is 0 Å². The average molecular weight is 501 g/mol. The van der Waals surface area contributed by atoms with E-state index in [0.29, 0.717) is 0 Å². The number of esters is 1. The van der Waals surface area contributed by atoms with E-state index in [1.165, 1.54) is 18.4 Å². The first-order chi connectivity index (χ1) is 8.90. The van der Waals surface area contributed by atoms with Crippen LogP contribution in [0.1, 0.15) is 5.56 Å². The Kier molecular flexibility index (Phi) is 8.65. The Bertz CT molecular complexity index is 495. The van der Waals surface area contributed by atoms with Crippen LogP contribution in [0.2, 0.25) is 19.1 Å². The molecule has 0 aliphatic heterocycles. The number of rotatable bonds is 5. The standard InChI is InChI=1S/C15H20NO2Si.Ac/c1-5-10-19(3,4)13-8-6-12(7-9-13)11-14(16)15(17)18-2;/h5-9,11,16H,1,10H2,2-4H3;/q-1;/b14-11-;. The van der Waals surface area contributed by atoms with Gasteiger partial charge in [-0.1, -0.05) is 60.4 Å². The first-order valence-electron chi connectivity index (χ1n) is 6.14. The van der Waals surface area contributed by atoms with Crippen molar-refractivity contribution in [2.75, 3.05) is 7.11 Å². The van der Waals surface area contributed by atoms with E-state index in [1.807, 2.05) is 18.2 Å². The molecule has 0 aliphatic carbocycles. The summed E-state index contributed by atoms with van der Waals surface area (Å²) in [6.45, 7) is 8.40. The van der Waals surface area contributed by atoms with E-state index < -0.39 is 14.0 Å². The monoisotopic (exact) mass is 501 g/mol. The predicted molar refractivity (Wildman–Crippen MR) is 82.9 cm³/mol. The number of methoxy groups -OCH3 is 1. The van der Waals surface area contributed by atoms with Gasteiger partial charge in [0, 0.05) is 44.1 Å². The second-order valence-corrected chi connectivity index (χ2v) is 9.80. The first-order valence-corrected chi connectivity index (χ1v) is 9.34. The summed E-state index contributed by atoms with van der Waals surface area (Å²) in [6, 6.07) is 9.06. The molecule has 20 heavy (non-hydrogen) atoms. The molecule has 0 aromatic heterocycles. The molecule has 1 N–H and O–H groups in total. The van der Waals surface area contributed by atoms with E-state index >= 15 is 0 Å². The summed E-state index contributed by atoms with van der Waals surface area (Å²) in [4.78, 5) is 11.1. The Morgan fingerprint density at radius 1 is 1.35 bits per heavy atom. The number of ether oxygens (including phenoxy) is 1. The van der Waals surface area contributed by atoms with Gasteiger partial charge in [-0.3, -0.25) is 0 Å². The van der Waals surface area contributed by atoms with E-state index in [2.05, 4.69) is 36.5 Å². The molecule has 0 saturated heterocycles. The third-order valence-electron chi connectivity index (χ3n) is 3.06. The summed E-state index contributed by atoms with van der Waals surface area (Å²) in [5.74, 6) is -0.620. The third-order valence-corrected chi connectivity index (χ3v) is 6.27. The van der Waals surface area contributed by atoms with Crippen molar-refractivity contribution in [3.8, 4) is 0 Å². The number of allylic oxidation sites excluding steroid dienone is 1. The van der Waals surface area contributed by atoms with Gasteiger partial charge >= 0.3 is 5.97 Å². The van der Waals surface area contributed by atoms with Crippen molar-refractivity contribution >= 4 is 25.3 Å². The van der Waals surface area contributed by atoms with Crippen LogP contribution in [0.3, 0.4) is 0 Å².